The van der Waals surface area contributed by atoms with Gasteiger partial charge in [-0.1, -0.05) is 13.0 Å². The molecule has 0 aromatic carbocycles. The van der Waals surface area contributed by atoms with Gasteiger partial charge < -0.3 is 4.74 Å². The number of esters is 1. The van der Waals surface area contributed by atoms with E-state index in [1.807, 2.05) is 0 Å². The van der Waals surface area contributed by atoms with Gasteiger partial charge in [-0.25, -0.2) is 8.42 Å². The fraction of sp³-hybridized carbons (Fsp3) is 0.727. The molecular formula is C11H20O4S. The highest BCUT2D eigenvalue weighted by molar-refractivity contribution is 7.91. The number of carbonyl (C=O) groups is 1. The van der Waals surface area contributed by atoms with E-state index in [9.17, 15) is 13.2 Å². The Hall–Kier alpha value is -0.840. The molecule has 0 bridgehead atoms. The largest absolute Gasteiger partial charge is 0.465 e. The zero-order valence-electron chi connectivity index (χ0n) is 10.2. The van der Waals surface area contributed by atoms with Crippen LogP contribution in [0.25, 0.3) is 0 Å². The number of hydrogen-bond donors (Lipinski definition) is 0. The molecule has 0 N–H and O–H groups in total. The number of ether oxygens (including phenoxy) is 1. The number of rotatable bonds is 7. The van der Waals surface area contributed by atoms with Gasteiger partial charge in [0, 0.05) is 5.75 Å². The van der Waals surface area contributed by atoms with Gasteiger partial charge in [-0.2, -0.15) is 0 Å². The zero-order chi connectivity index (χ0) is 12.8. The van der Waals surface area contributed by atoms with Crippen LogP contribution in [0.3, 0.4) is 0 Å². The molecule has 0 aliphatic carbocycles. The normalized spacial score (nSPS) is 15.2. The van der Waals surface area contributed by atoms with Crippen LogP contribution in [0.5, 0.6) is 0 Å². The highest BCUT2D eigenvalue weighted by Crippen LogP contribution is 2.25. The van der Waals surface area contributed by atoms with E-state index < -0.39 is 21.2 Å². The van der Waals surface area contributed by atoms with Gasteiger partial charge >= 0.3 is 5.97 Å². The molecule has 1 unspecified atom stereocenters. The maximum atomic E-state index is 11.6. The van der Waals surface area contributed by atoms with Gasteiger partial charge in [-0.3, -0.25) is 4.79 Å². The Kier molecular flexibility index (Phi) is 5.72. The maximum absolute atomic E-state index is 11.6. The lowest BCUT2D eigenvalue weighted by Gasteiger charge is -2.22. The van der Waals surface area contributed by atoms with E-state index in [1.54, 1.807) is 20.8 Å². The smallest absolute Gasteiger partial charge is 0.315 e. The zero-order valence-corrected chi connectivity index (χ0v) is 11.0. The van der Waals surface area contributed by atoms with Crippen LogP contribution < -0.4 is 0 Å². The predicted molar refractivity (Wildman–Crippen MR) is 63.9 cm³/mol. The molecule has 0 radical (unpaired) electrons. The lowest BCUT2D eigenvalue weighted by molar-refractivity contribution is -0.151. The topological polar surface area (TPSA) is 60.4 Å². The van der Waals surface area contributed by atoms with Crippen molar-refractivity contribution in [1.82, 2.24) is 0 Å². The molecule has 16 heavy (non-hydrogen) atoms. The molecular weight excluding hydrogens is 228 g/mol. The highest BCUT2D eigenvalue weighted by Gasteiger charge is 2.32. The van der Waals surface area contributed by atoms with Crippen LogP contribution in [0.4, 0.5) is 0 Å². The molecule has 0 amide bonds. The Bertz CT molecular complexity index is 345. The predicted octanol–water partition coefficient (Wildman–Crippen LogP) is 1.57. The summed E-state index contributed by atoms with van der Waals surface area (Å²) < 4.78 is 27.6. The Balaban J connectivity index is 4.62. The number of hydrogen-bond acceptors (Lipinski definition) is 4. The summed E-state index contributed by atoms with van der Waals surface area (Å²) in [5.41, 5.74) is -0.918. The molecule has 0 fully saturated rings. The molecule has 0 rings (SSSR count). The minimum absolute atomic E-state index is 0.0230. The molecule has 0 heterocycles. The lowest BCUT2D eigenvalue weighted by atomic mass is 9.88. The summed E-state index contributed by atoms with van der Waals surface area (Å²) in [6.45, 7) is 8.79. The lowest BCUT2D eigenvalue weighted by Crippen LogP contribution is -2.30. The third kappa shape index (κ3) is 4.35. The molecule has 0 saturated heterocycles. The second-order valence-corrected chi connectivity index (χ2v) is 6.30. The first-order valence-electron chi connectivity index (χ1n) is 5.32. The number of sulfone groups is 1. The van der Waals surface area contributed by atoms with Crippen molar-refractivity contribution in [3.05, 3.63) is 12.7 Å². The molecule has 5 heteroatoms. The van der Waals surface area contributed by atoms with Gasteiger partial charge in [-0.15, -0.1) is 6.58 Å². The van der Waals surface area contributed by atoms with Gasteiger partial charge in [-0.05, 0) is 20.3 Å². The minimum atomic E-state index is -3.07. The highest BCUT2D eigenvalue weighted by atomic mass is 32.2. The fourth-order valence-corrected chi connectivity index (χ4v) is 2.12. The summed E-state index contributed by atoms with van der Waals surface area (Å²) in [7, 11) is -3.07. The molecule has 1 atom stereocenters. The Morgan fingerprint density at radius 2 is 2.00 bits per heavy atom. The SMILES string of the molecule is C=CC(C)(CCS(=O)(=O)CC)C(=O)OCC. The summed E-state index contributed by atoms with van der Waals surface area (Å²) >= 11 is 0. The Labute approximate surface area is 97.6 Å². The third-order valence-electron chi connectivity index (χ3n) is 2.56. The molecule has 94 valence electrons. The van der Waals surface area contributed by atoms with Crippen LogP contribution in [0, 0.1) is 5.41 Å². The molecule has 0 aliphatic rings. The first-order valence-corrected chi connectivity index (χ1v) is 7.14. The van der Waals surface area contributed by atoms with Crippen molar-refractivity contribution in [1.29, 1.82) is 0 Å². The van der Waals surface area contributed by atoms with Crippen molar-refractivity contribution >= 4 is 15.8 Å². The van der Waals surface area contributed by atoms with Gasteiger partial charge in [0.15, 0.2) is 0 Å². The van der Waals surface area contributed by atoms with Crippen molar-refractivity contribution in [3.63, 3.8) is 0 Å². The van der Waals surface area contributed by atoms with E-state index in [2.05, 4.69) is 6.58 Å². The average Bonchev–Trinajstić information content (AvgIpc) is 2.26. The van der Waals surface area contributed by atoms with Gasteiger partial charge in [0.05, 0.1) is 17.8 Å². The van der Waals surface area contributed by atoms with Gasteiger partial charge in [0.1, 0.15) is 9.84 Å². The van der Waals surface area contributed by atoms with E-state index in [0.717, 1.165) is 0 Å². The molecule has 4 nitrogen and oxygen atoms in total. The standard InChI is InChI=1S/C11H20O4S/c1-5-11(4,10(12)15-6-2)8-9-16(13,14)7-3/h5H,1,6-9H2,2-4H3. The summed E-state index contributed by atoms with van der Waals surface area (Å²) in [6, 6.07) is 0. The maximum Gasteiger partial charge on any atom is 0.315 e. The van der Waals surface area contributed by atoms with Crippen molar-refractivity contribution < 1.29 is 17.9 Å². The van der Waals surface area contributed by atoms with Crippen molar-refractivity contribution in [2.75, 3.05) is 18.1 Å². The Morgan fingerprint density at radius 3 is 2.38 bits per heavy atom. The van der Waals surface area contributed by atoms with Crippen molar-refractivity contribution in [2.24, 2.45) is 5.41 Å². The quantitative estimate of drug-likeness (QED) is 0.507. The van der Waals surface area contributed by atoms with E-state index in [0.29, 0.717) is 0 Å². The van der Waals surface area contributed by atoms with Crippen molar-refractivity contribution in [2.45, 2.75) is 27.2 Å². The monoisotopic (exact) mass is 248 g/mol. The second-order valence-electron chi connectivity index (χ2n) is 3.83. The summed E-state index contributed by atoms with van der Waals surface area (Å²) in [4.78, 5) is 11.6. The summed E-state index contributed by atoms with van der Waals surface area (Å²) in [5.74, 6) is -0.357. The molecule has 0 spiro atoms. The van der Waals surface area contributed by atoms with Crippen LogP contribution in [-0.2, 0) is 19.4 Å². The van der Waals surface area contributed by atoms with E-state index >= 15 is 0 Å². The molecule has 0 aromatic rings. The Morgan fingerprint density at radius 1 is 1.44 bits per heavy atom. The summed E-state index contributed by atoms with van der Waals surface area (Å²) in [6.07, 6.45) is 1.67. The van der Waals surface area contributed by atoms with Crippen LogP contribution in [-0.4, -0.2) is 32.5 Å². The van der Waals surface area contributed by atoms with Crippen LogP contribution >= 0.6 is 0 Å². The molecule has 0 aliphatic heterocycles. The fourth-order valence-electron chi connectivity index (χ4n) is 1.10. The number of carbonyl (C=O) groups excluding carboxylic acids is 1. The van der Waals surface area contributed by atoms with E-state index in [-0.39, 0.29) is 24.5 Å². The average molecular weight is 248 g/mol. The third-order valence-corrected chi connectivity index (χ3v) is 4.27. The first kappa shape index (κ1) is 15.2. The van der Waals surface area contributed by atoms with E-state index in [1.165, 1.54) is 6.08 Å². The first-order chi connectivity index (χ1) is 7.31. The van der Waals surface area contributed by atoms with Crippen LogP contribution in [0.15, 0.2) is 12.7 Å². The van der Waals surface area contributed by atoms with Crippen LogP contribution in [0.1, 0.15) is 27.2 Å². The van der Waals surface area contributed by atoms with Gasteiger partial charge in [0.25, 0.3) is 0 Å². The van der Waals surface area contributed by atoms with E-state index in [4.69, 9.17) is 4.74 Å². The molecule has 0 saturated carbocycles. The summed E-state index contributed by atoms with van der Waals surface area (Å²) in [5, 5.41) is 0. The molecule has 0 aromatic heterocycles. The second kappa shape index (κ2) is 6.03. The minimum Gasteiger partial charge on any atom is -0.465 e. The van der Waals surface area contributed by atoms with Gasteiger partial charge in [0.2, 0.25) is 0 Å². The van der Waals surface area contributed by atoms with Crippen LogP contribution in [0.2, 0.25) is 0 Å². The van der Waals surface area contributed by atoms with Crippen molar-refractivity contribution in [3.8, 4) is 0 Å².